The zero-order valence-electron chi connectivity index (χ0n) is 21.1. The molecule has 0 amide bonds. The number of aryl methyl sites for hydroxylation is 1. The molecule has 2 aromatic carbocycles. The van der Waals surface area contributed by atoms with Gasteiger partial charge in [-0.25, -0.2) is 0 Å². The summed E-state index contributed by atoms with van der Waals surface area (Å²) in [7, 11) is 0. The molecule has 0 aliphatic carbocycles. The Kier molecular flexibility index (Phi) is 13.3. The molecular weight excluding hydrogens is 432 g/mol. The molecule has 0 heterocycles. The molecule has 5 heteroatoms. The molecule has 1 N–H and O–H groups in total. The Morgan fingerprint density at radius 1 is 0.879 bits per heavy atom. The van der Waals surface area contributed by atoms with Crippen LogP contribution in [0.2, 0.25) is 5.02 Å². The van der Waals surface area contributed by atoms with E-state index in [0.717, 1.165) is 37.2 Å². The zero-order valence-corrected chi connectivity index (χ0v) is 21.8. The maximum atomic E-state index is 6.61. The van der Waals surface area contributed by atoms with Crippen LogP contribution in [0.4, 0.5) is 0 Å². The Balaban J connectivity index is 1.88. The molecule has 0 saturated heterocycles. The van der Waals surface area contributed by atoms with Crippen molar-refractivity contribution < 1.29 is 9.47 Å². The number of ether oxygens (including phenoxy) is 2. The van der Waals surface area contributed by atoms with Gasteiger partial charge in [-0.3, -0.25) is 0 Å². The summed E-state index contributed by atoms with van der Waals surface area (Å²) in [6.45, 7) is 15.0. The van der Waals surface area contributed by atoms with Crippen molar-refractivity contribution >= 4 is 11.6 Å². The predicted molar refractivity (Wildman–Crippen MR) is 141 cm³/mol. The Hall–Kier alpha value is -1.75. The molecule has 0 aromatic heterocycles. The average Bonchev–Trinajstić information content (AvgIpc) is 2.80. The molecule has 0 fully saturated rings. The van der Waals surface area contributed by atoms with Gasteiger partial charge in [0, 0.05) is 6.54 Å². The van der Waals surface area contributed by atoms with Gasteiger partial charge in [0.25, 0.3) is 0 Å². The molecule has 0 aliphatic heterocycles. The molecule has 33 heavy (non-hydrogen) atoms. The third-order valence-corrected chi connectivity index (χ3v) is 5.93. The summed E-state index contributed by atoms with van der Waals surface area (Å²) in [5, 5.41) is 4.16. The first kappa shape index (κ1) is 27.5. The Bertz CT molecular complexity index is 804. The summed E-state index contributed by atoms with van der Waals surface area (Å²) in [4.78, 5) is 2.61. The summed E-state index contributed by atoms with van der Waals surface area (Å²) < 4.78 is 11.9. The first-order valence-corrected chi connectivity index (χ1v) is 13.0. The van der Waals surface area contributed by atoms with Gasteiger partial charge in [0.05, 0.1) is 11.6 Å². The number of benzene rings is 2. The summed E-state index contributed by atoms with van der Waals surface area (Å²) in [6, 6.07) is 12.3. The minimum Gasteiger partial charge on any atom is -0.490 e. The van der Waals surface area contributed by atoms with E-state index in [1.54, 1.807) is 0 Å². The molecule has 184 valence electrons. The third-order valence-electron chi connectivity index (χ3n) is 5.65. The van der Waals surface area contributed by atoms with Gasteiger partial charge in [-0.15, -0.1) is 0 Å². The topological polar surface area (TPSA) is 33.7 Å². The summed E-state index contributed by atoms with van der Waals surface area (Å²) in [5.41, 5.74) is 3.44. The van der Waals surface area contributed by atoms with Gasteiger partial charge in [-0.1, -0.05) is 68.1 Å². The molecule has 2 rings (SSSR count). The molecule has 2 aromatic rings. The largest absolute Gasteiger partial charge is 0.490 e. The first-order chi connectivity index (χ1) is 16.1. The Labute approximate surface area is 206 Å². The second-order valence-corrected chi connectivity index (χ2v) is 9.10. The lowest BCUT2D eigenvalue weighted by atomic mass is 10.1. The van der Waals surface area contributed by atoms with E-state index in [-0.39, 0.29) is 0 Å². The van der Waals surface area contributed by atoms with Crippen molar-refractivity contribution in [1.29, 1.82) is 0 Å². The number of nitrogens with one attached hydrogen (secondary N) is 1. The van der Waals surface area contributed by atoms with Gasteiger partial charge in [0.15, 0.2) is 11.5 Å². The zero-order chi connectivity index (χ0) is 23.9. The fourth-order valence-corrected chi connectivity index (χ4v) is 4.13. The molecule has 4 nitrogen and oxygen atoms in total. The molecule has 0 atom stereocenters. The molecule has 0 bridgehead atoms. The van der Waals surface area contributed by atoms with Crippen LogP contribution in [0.5, 0.6) is 11.5 Å². The lowest BCUT2D eigenvalue weighted by Gasteiger charge is -2.22. The monoisotopic (exact) mass is 474 g/mol. The first-order valence-electron chi connectivity index (χ1n) is 12.6. The standard InChI is InChI=1S/C28H43ClN2O2/c1-5-8-15-31(16-9-6-2)17-11-14-30-21-25-19-26(29)28(27(20-25)32-7-3)33-22-24-13-10-12-23(4)18-24/h10,12-13,18-20,30H,5-9,11,14-17,21-22H2,1-4H3. The number of hydrogen-bond donors (Lipinski definition) is 1. The maximum absolute atomic E-state index is 6.61. The third kappa shape index (κ3) is 10.4. The van der Waals surface area contributed by atoms with E-state index in [1.807, 2.05) is 25.1 Å². The number of unbranched alkanes of at least 4 members (excludes halogenated alkanes) is 2. The van der Waals surface area contributed by atoms with E-state index in [1.165, 1.54) is 44.3 Å². The summed E-state index contributed by atoms with van der Waals surface area (Å²) >= 11 is 6.61. The number of halogens is 1. The maximum Gasteiger partial charge on any atom is 0.180 e. The van der Waals surface area contributed by atoms with Crippen LogP contribution < -0.4 is 14.8 Å². The second-order valence-electron chi connectivity index (χ2n) is 8.69. The molecule has 0 unspecified atom stereocenters. The van der Waals surface area contributed by atoms with Gasteiger partial charge in [0.1, 0.15) is 6.61 Å². The molecule has 0 saturated carbocycles. The van der Waals surface area contributed by atoms with Crippen molar-refractivity contribution in [2.24, 2.45) is 0 Å². The van der Waals surface area contributed by atoms with Crippen LogP contribution >= 0.6 is 11.6 Å². The fraction of sp³-hybridized carbons (Fsp3) is 0.571. The van der Waals surface area contributed by atoms with Crippen molar-refractivity contribution in [2.75, 3.05) is 32.8 Å². The van der Waals surface area contributed by atoms with Crippen LogP contribution in [0.25, 0.3) is 0 Å². The van der Waals surface area contributed by atoms with Gasteiger partial charge in [-0.05, 0) is 82.5 Å². The van der Waals surface area contributed by atoms with Gasteiger partial charge >= 0.3 is 0 Å². The molecular formula is C28H43ClN2O2. The number of rotatable bonds is 17. The van der Waals surface area contributed by atoms with Crippen LogP contribution in [0.1, 0.15) is 69.6 Å². The predicted octanol–water partition coefficient (Wildman–Crippen LogP) is 7.01. The van der Waals surface area contributed by atoms with Crippen molar-refractivity contribution in [3.63, 3.8) is 0 Å². The van der Waals surface area contributed by atoms with E-state index >= 15 is 0 Å². The Morgan fingerprint density at radius 3 is 2.27 bits per heavy atom. The van der Waals surface area contributed by atoms with Crippen LogP contribution in [0.3, 0.4) is 0 Å². The highest BCUT2D eigenvalue weighted by Crippen LogP contribution is 2.37. The van der Waals surface area contributed by atoms with Crippen molar-refractivity contribution in [1.82, 2.24) is 10.2 Å². The minimum absolute atomic E-state index is 0.464. The fourth-order valence-electron chi connectivity index (χ4n) is 3.84. The smallest absolute Gasteiger partial charge is 0.180 e. The highest BCUT2D eigenvalue weighted by molar-refractivity contribution is 6.32. The van der Waals surface area contributed by atoms with Crippen LogP contribution in [-0.4, -0.2) is 37.7 Å². The lowest BCUT2D eigenvalue weighted by Crippen LogP contribution is -2.29. The van der Waals surface area contributed by atoms with Gasteiger partial charge < -0.3 is 19.7 Å². The average molecular weight is 475 g/mol. The van der Waals surface area contributed by atoms with Gasteiger partial charge in [-0.2, -0.15) is 0 Å². The Morgan fingerprint density at radius 2 is 1.61 bits per heavy atom. The minimum atomic E-state index is 0.464. The van der Waals surface area contributed by atoms with Crippen LogP contribution in [-0.2, 0) is 13.2 Å². The number of nitrogens with zero attached hydrogens (tertiary/aromatic N) is 1. The van der Waals surface area contributed by atoms with Crippen LogP contribution in [0.15, 0.2) is 36.4 Å². The molecule has 0 aliphatic rings. The van der Waals surface area contributed by atoms with Crippen molar-refractivity contribution in [3.05, 3.63) is 58.1 Å². The van der Waals surface area contributed by atoms with E-state index in [2.05, 4.69) is 49.2 Å². The summed E-state index contributed by atoms with van der Waals surface area (Å²) in [5.74, 6) is 1.33. The van der Waals surface area contributed by atoms with E-state index < -0.39 is 0 Å². The van der Waals surface area contributed by atoms with Crippen molar-refractivity contribution in [2.45, 2.75) is 73.0 Å². The number of hydrogen-bond acceptors (Lipinski definition) is 4. The van der Waals surface area contributed by atoms with E-state index in [4.69, 9.17) is 21.1 Å². The highest BCUT2D eigenvalue weighted by Gasteiger charge is 2.13. The van der Waals surface area contributed by atoms with Crippen molar-refractivity contribution in [3.8, 4) is 11.5 Å². The van der Waals surface area contributed by atoms with E-state index in [9.17, 15) is 0 Å². The highest BCUT2D eigenvalue weighted by atomic mass is 35.5. The summed E-state index contributed by atoms with van der Waals surface area (Å²) in [6.07, 6.45) is 6.24. The van der Waals surface area contributed by atoms with Crippen LogP contribution in [0, 0.1) is 6.92 Å². The quantitative estimate of drug-likeness (QED) is 0.250. The lowest BCUT2D eigenvalue weighted by molar-refractivity contribution is 0.261. The molecule has 0 radical (unpaired) electrons. The van der Waals surface area contributed by atoms with Gasteiger partial charge in [0.2, 0.25) is 0 Å². The normalized spacial score (nSPS) is 11.2. The second kappa shape index (κ2) is 16.0. The van der Waals surface area contributed by atoms with E-state index in [0.29, 0.717) is 29.7 Å². The molecule has 0 spiro atoms. The SMILES string of the molecule is CCCCN(CCCC)CCCNCc1cc(Cl)c(OCc2cccc(C)c2)c(OCC)c1.